The van der Waals surface area contributed by atoms with Crippen molar-refractivity contribution in [2.45, 2.75) is 97.9 Å². The van der Waals surface area contributed by atoms with Crippen molar-refractivity contribution < 1.29 is 23.9 Å². The summed E-state index contributed by atoms with van der Waals surface area (Å²) in [5.41, 5.74) is 7.19. The number of carbonyl (C=O) groups excluding carboxylic acids is 4. The Bertz CT molecular complexity index is 971. The van der Waals surface area contributed by atoms with E-state index in [1.165, 1.54) is 0 Å². The summed E-state index contributed by atoms with van der Waals surface area (Å²) in [6, 6.07) is 3.40. The average molecular weight is 503 g/mol. The van der Waals surface area contributed by atoms with Gasteiger partial charge < -0.3 is 26.0 Å². The molecule has 1 fully saturated rings. The minimum absolute atomic E-state index is 0.167. The van der Waals surface area contributed by atoms with Crippen LogP contribution in [-0.4, -0.2) is 52.9 Å². The number of ether oxygens (including phenoxy) is 1. The highest BCUT2D eigenvalue weighted by Crippen LogP contribution is 2.41. The second kappa shape index (κ2) is 12.2. The van der Waals surface area contributed by atoms with Crippen molar-refractivity contribution in [1.82, 2.24) is 15.5 Å². The van der Waals surface area contributed by atoms with E-state index in [4.69, 9.17) is 10.5 Å². The Hall–Kier alpha value is -3.10. The topological polar surface area (TPSA) is 131 Å². The molecule has 1 aromatic rings. The third-order valence-electron chi connectivity index (χ3n) is 6.16. The summed E-state index contributed by atoms with van der Waals surface area (Å²) < 4.78 is 5.32. The van der Waals surface area contributed by atoms with Gasteiger partial charge in [0, 0.05) is 12.6 Å². The monoisotopic (exact) mass is 502 g/mol. The highest BCUT2D eigenvalue weighted by atomic mass is 16.6. The molecule has 9 nitrogen and oxygen atoms in total. The Morgan fingerprint density at radius 1 is 1.19 bits per heavy atom. The Morgan fingerprint density at radius 2 is 1.83 bits per heavy atom. The molecule has 1 aromatic carbocycles. The summed E-state index contributed by atoms with van der Waals surface area (Å²) in [7, 11) is 0. The van der Waals surface area contributed by atoms with Crippen molar-refractivity contribution in [3.8, 4) is 0 Å². The number of aryl methyl sites for hydroxylation is 2. The van der Waals surface area contributed by atoms with Crippen LogP contribution in [0.15, 0.2) is 18.2 Å². The molecule has 36 heavy (non-hydrogen) atoms. The third kappa shape index (κ3) is 8.24. The van der Waals surface area contributed by atoms with Gasteiger partial charge >= 0.3 is 6.09 Å². The molecular weight excluding hydrogens is 460 g/mol. The summed E-state index contributed by atoms with van der Waals surface area (Å²) >= 11 is 0. The maximum atomic E-state index is 14.0. The SMILES string of the molecule is CCCCNC(=O)C(c1cc(C)ccc1C)N(C(=O)C(CC(N)=O)NC(=O)OC(C)(C)C)C1CC1C. The third-order valence-corrected chi connectivity index (χ3v) is 6.16. The van der Waals surface area contributed by atoms with Crippen molar-refractivity contribution >= 4 is 23.8 Å². The number of hydrogen-bond acceptors (Lipinski definition) is 5. The van der Waals surface area contributed by atoms with Crippen LogP contribution in [0.1, 0.15) is 83.0 Å². The number of hydrogen-bond donors (Lipinski definition) is 3. The second-order valence-electron chi connectivity index (χ2n) is 10.8. The van der Waals surface area contributed by atoms with E-state index >= 15 is 0 Å². The van der Waals surface area contributed by atoms with Crippen LogP contribution in [-0.2, 0) is 19.1 Å². The number of primary amides is 1. The minimum Gasteiger partial charge on any atom is -0.444 e. The molecule has 200 valence electrons. The molecule has 0 aliphatic heterocycles. The Kier molecular flexibility index (Phi) is 9.90. The number of benzene rings is 1. The number of nitrogens with two attached hydrogens (primary N) is 1. The number of nitrogens with one attached hydrogen (secondary N) is 2. The zero-order valence-electron chi connectivity index (χ0n) is 22.6. The average Bonchev–Trinajstić information content (AvgIpc) is 3.47. The van der Waals surface area contributed by atoms with Crippen LogP contribution in [0.5, 0.6) is 0 Å². The lowest BCUT2D eigenvalue weighted by molar-refractivity contribution is -0.144. The predicted molar refractivity (Wildman–Crippen MR) is 138 cm³/mol. The molecular formula is C27H42N4O5. The molecule has 1 saturated carbocycles. The molecule has 1 aliphatic carbocycles. The molecule has 0 bridgehead atoms. The Morgan fingerprint density at radius 3 is 2.36 bits per heavy atom. The van der Waals surface area contributed by atoms with Gasteiger partial charge in [-0.2, -0.15) is 0 Å². The second-order valence-corrected chi connectivity index (χ2v) is 10.8. The first-order chi connectivity index (χ1) is 16.7. The van der Waals surface area contributed by atoms with Crippen molar-refractivity contribution in [3.05, 3.63) is 34.9 Å². The largest absolute Gasteiger partial charge is 0.444 e. The number of rotatable bonds is 11. The quantitative estimate of drug-likeness (QED) is 0.400. The molecule has 4 unspecified atom stereocenters. The summed E-state index contributed by atoms with van der Waals surface area (Å²) in [6.07, 6.45) is 1.19. The van der Waals surface area contributed by atoms with Gasteiger partial charge in [0.15, 0.2) is 0 Å². The number of unbranched alkanes of at least 4 members (excludes halogenated alkanes) is 1. The molecule has 4 atom stereocenters. The van der Waals surface area contributed by atoms with E-state index in [1.54, 1.807) is 25.7 Å². The maximum Gasteiger partial charge on any atom is 0.408 e. The fourth-order valence-electron chi connectivity index (χ4n) is 4.16. The first kappa shape index (κ1) is 29.1. The van der Waals surface area contributed by atoms with Crippen LogP contribution in [0, 0.1) is 19.8 Å². The van der Waals surface area contributed by atoms with Crippen molar-refractivity contribution in [3.63, 3.8) is 0 Å². The van der Waals surface area contributed by atoms with E-state index in [1.807, 2.05) is 45.9 Å². The number of nitrogens with zero attached hydrogens (tertiary/aromatic N) is 1. The summed E-state index contributed by atoms with van der Waals surface area (Å²) in [5.74, 6) is -1.41. The van der Waals surface area contributed by atoms with E-state index in [0.717, 1.165) is 24.0 Å². The molecule has 0 heterocycles. The molecule has 0 aromatic heterocycles. The van der Waals surface area contributed by atoms with Gasteiger partial charge in [0.05, 0.1) is 6.42 Å². The maximum absolute atomic E-state index is 14.0. The lowest BCUT2D eigenvalue weighted by atomic mass is 9.95. The first-order valence-corrected chi connectivity index (χ1v) is 12.7. The van der Waals surface area contributed by atoms with E-state index in [9.17, 15) is 19.2 Å². The van der Waals surface area contributed by atoms with Gasteiger partial charge in [-0.05, 0) is 64.5 Å². The smallest absolute Gasteiger partial charge is 0.408 e. The van der Waals surface area contributed by atoms with Crippen molar-refractivity contribution in [1.29, 1.82) is 0 Å². The normalized spacial score (nSPS) is 18.5. The van der Waals surface area contributed by atoms with E-state index in [0.29, 0.717) is 18.5 Å². The van der Waals surface area contributed by atoms with E-state index in [2.05, 4.69) is 10.6 Å². The van der Waals surface area contributed by atoms with Gasteiger partial charge in [-0.1, -0.05) is 44.0 Å². The summed E-state index contributed by atoms with van der Waals surface area (Å²) in [5, 5.41) is 5.50. The van der Waals surface area contributed by atoms with Gasteiger partial charge in [0.1, 0.15) is 17.7 Å². The van der Waals surface area contributed by atoms with Gasteiger partial charge in [0.2, 0.25) is 17.7 Å². The molecule has 1 aliphatic rings. The lowest BCUT2D eigenvalue weighted by Crippen LogP contribution is -2.55. The highest BCUT2D eigenvalue weighted by molar-refractivity contribution is 5.95. The number of carbonyl (C=O) groups is 4. The summed E-state index contributed by atoms with van der Waals surface area (Å²) in [4.78, 5) is 53.6. The van der Waals surface area contributed by atoms with Gasteiger partial charge in [-0.15, -0.1) is 0 Å². The molecule has 9 heteroatoms. The van der Waals surface area contributed by atoms with Crippen LogP contribution in [0.25, 0.3) is 0 Å². The van der Waals surface area contributed by atoms with E-state index < -0.39 is 42.0 Å². The van der Waals surface area contributed by atoms with Gasteiger partial charge in [0.25, 0.3) is 0 Å². The van der Waals surface area contributed by atoms with Crippen LogP contribution in [0.4, 0.5) is 4.79 Å². The van der Waals surface area contributed by atoms with Crippen molar-refractivity contribution in [2.75, 3.05) is 6.54 Å². The zero-order valence-corrected chi connectivity index (χ0v) is 22.6. The fraction of sp³-hybridized carbons (Fsp3) is 0.630. The lowest BCUT2D eigenvalue weighted by Gasteiger charge is -2.35. The van der Waals surface area contributed by atoms with Gasteiger partial charge in [-0.25, -0.2) is 4.79 Å². The minimum atomic E-state index is -1.26. The zero-order chi connectivity index (χ0) is 27.2. The number of alkyl carbamates (subject to hydrolysis) is 1. The van der Waals surface area contributed by atoms with Crippen LogP contribution in [0.3, 0.4) is 0 Å². The molecule has 0 spiro atoms. The van der Waals surface area contributed by atoms with Gasteiger partial charge in [-0.3, -0.25) is 14.4 Å². The van der Waals surface area contributed by atoms with Crippen molar-refractivity contribution in [2.24, 2.45) is 11.7 Å². The number of amides is 4. The molecule has 4 amide bonds. The fourth-order valence-corrected chi connectivity index (χ4v) is 4.16. The predicted octanol–water partition coefficient (Wildman–Crippen LogP) is 3.27. The summed E-state index contributed by atoms with van der Waals surface area (Å²) in [6.45, 7) is 13.5. The molecule has 0 radical (unpaired) electrons. The highest BCUT2D eigenvalue weighted by Gasteiger charge is 2.48. The molecule has 4 N–H and O–H groups in total. The van der Waals surface area contributed by atoms with E-state index in [-0.39, 0.29) is 17.9 Å². The van der Waals surface area contributed by atoms with Crippen LogP contribution < -0.4 is 16.4 Å². The Labute approximate surface area is 214 Å². The van der Waals surface area contributed by atoms with Crippen LogP contribution in [0.2, 0.25) is 0 Å². The standard InChI is InChI=1S/C27H42N4O5/c1-8-9-12-29-24(33)23(19-13-16(2)10-11-17(19)3)31(21-14-18(21)4)25(34)20(15-22(28)32)30-26(35)36-27(5,6)7/h10-11,13,18,20-21,23H,8-9,12,14-15H2,1-7H3,(H2,28,32)(H,29,33)(H,30,35). The molecule has 2 rings (SSSR count). The van der Waals surface area contributed by atoms with Crippen LogP contribution >= 0.6 is 0 Å². The Balaban J connectivity index is 2.52. The molecule has 0 saturated heterocycles. The first-order valence-electron chi connectivity index (χ1n) is 12.7.